The van der Waals surface area contributed by atoms with Crippen molar-refractivity contribution in [2.45, 2.75) is 13.1 Å². The Morgan fingerprint density at radius 1 is 1.12 bits per heavy atom. The van der Waals surface area contributed by atoms with E-state index in [0.29, 0.717) is 22.9 Å². The Hall–Kier alpha value is -3.86. The number of ether oxygens (including phenoxy) is 2. The van der Waals surface area contributed by atoms with Gasteiger partial charge in [-0.1, -0.05) is 6.07 Å². The third-order valence-corrected chi connectivity index (χ3v) is 5.36. The highest BCUT2D eigenvalue weighted by Gasteiger charge is 2.31. The zero-order valence-corrected chi connectivity index (χ0v) is 19.2. The molecule has 3 rings (SSSR count). The van der Waals surface area contributed by atoms with Gasteiger partial charge in [0.15, 0.2) is 5.13 Å². The first-order valence-corrected chi connectivity index (χ1v) is 10.6. The number of benzene rings is 2. The minimum atomic E-state index is -4.55. The van der Waals surface area contributed by atoms with Gasteiger partial charge >= 0.3 is 6.18 Å². The minimum Gasteiger partial charge on any atom is -0.497 e. The first kappa shape index (κ1) is 24.8. The molecule has 0 radical (unpaired) electrons. The lowest BCUT2D eigenvalue weighted by molar-refractivity contribution is -0.137. The van der Waals surface area contributed by atoms with E-state index >= 15 is 0 Å². The number of carbonyl (C=O) groups excluding carboxylic acids is 2. The number of halogens is 3. The van der Waals surface area contributed by atoms with E-state index in [9.17, 15) is 22.8 Å². The number of nitrogens with one attached hydrogen (secondary N) is 1. The normalized spacial score (nSPS) is 11.4. The van der Waals surface area contributed by atoms with E-state index in [1.54, 1.807) is 23.6 Å². The van der Waals surface area contributed by atoms with E-state index in [1.807, 2.05) is 0 Å². The Kier molecular flexibility index (Phi) is 7.57. The van der Waals surface area contributed by atoms with Crippen molar-refractivity contribution < 1.29 is 32.2 Å². The number of nitrogens with zero attached hydrogens (tertiary/aromatic N) is 2. The summed E-state index contributed by atoms with van der Waals surface area (Å²) in [5.41, 5.74) is -0.0469. The summed E-state index contributed by atoms with van der Waals surface area (Å²) < 4.78 is 49.6. The lowest BCUT2D eigenvalue weighted by Gasteiger charge is -2.19. The Balaban J connectivity index is 1.77. The van der Waals surface area contributed by atoms with Gasteiger partial charge in [0, 0.05) is 24.4 Å². The molecule has 2 amide bonds. The first-order valence-electron chi connectivity index (χ1n) is 9.77. The predicted molar refractivity (Wildman–Crippen MR) is 124 cm³/mol. The van der Waals surface area contributed by atoms with Crippen LogP contribution in [0.2, 0.25) is 0 Å². The second-order valence-electron chi connectivity index (χ2n) is 6.85. The fourth-order valence-corrected chi connectivity index (χ4v) is 3.80. The lowest BCUT2D eigenvalue weighted by Crippen LogP contribution is -2.23. The number of thiazole rings is 1. The van der Waals surface area contributed by atoms with E-state index < -0.39 is 23.6 Å². The van der Waals surface area contributed by atoms with Crippen molar-refractivity contribution in [2.75, 3.05) is 24.4 Å². The van der Waals surface area contributed by atoms with Crippen LogP contribution in [0, 0.1) is 0 Å². The number of alkyl halides is 3. The number of methoxy groups -OCH3 is 2. The average Bonchev–Trinajstić information content (AvgIpc) is 3.25. The van der Waals surface area contributed by atoms with Gasteiger partial charge in [-0.05, 0) is 36.4 Å². The van der Waals surface area contributed by atoms with Crippen LogP contribution in [0.3, 0.4) is 0 Å². The number of anilines is 3. The third kappa shape index (κ3) is 5.93. The zero-order chi connectivity index (χ0) is 24.9. The molecule has 0 saturated carbocycles. The molecule has 0 atom stereocenters. The van der Waals surface area contributed by atoms with Gasteiger partial charge in [0.2, 0.25) is 11.8 Å². The second-order valence-corrected chi connectivity index (χ2v) is 7.68. The Bertz CT molecular complexity index is 1220. The van der Waals surface area contributed by atoms with Crippen LogP contribution in [0.15, 0.2) is 53.9 Å². The number of amides is 2. The van der Waals surface area contributed by atoms with E-state index in [-0.39, 0.29) is 10.8 Å². The molecule has 0 bridgehead atoms. The van der Waals surface area contributed by atoms with Crippen molar-refractivity contribution in [3.63, 3.8) is 0 Å². The molecule has 0 aliphatic carbocycles. The fourth-order valence-electron chi connectivity index (χ4n) is 2.94. The Labute approximate surface area is 197 Å². The van der Waals surface area contributed by atoms with Gasteiger partial charge in [-0.3, -0.25) is 14.5 Å². The second kappa shape index (κ2) is 10.4. The van der Waals surface area contributed by atoms with Gasteiger partial charge in [-0.25, -0.2) is 4.98 Å². The summed E-state index contributed by atoms with van der Waals surface area (Å²) in [4.78, 5) is 29.9. The predicted octanol–water partition coefficient (Wildman–Crippen LogP) is 5.52. The average molecular weight is 491 g/mol. The first-order chi connectivity index (χ1) is 16.1. The van der Waals surface area contributed by atoms with Gasteiger partial charge in [0.1, 0.15) is 11.5 Å². The molecule has 0 spiro atoms. The quantitative estimate of drug-likeness (QED) is 0.441. The molecule has 1 aromatic heterocycles. The van der Waals surface area contributed by atoms with Crippen molar-refractivity contribution in [3.05, 3.63) is 65.2 Å². The van der Waals surface area contributed by atoms with Gasteiger partial charge in [-0.2, -0.15) is 13.2 Å². The molecular formula is C23H20F3N3O4S. The number of hydrogen-bond acceptors (Lipinski definition) is 6. The topological polar surface area (TPSA) is 80.8 Å². The van der Waals surface area contributed by atoms with E-state index in [2.05, 4.69) is 10.3 Å². The fraction of sp³-hybridized carbons (Fsp3) is 0.174. The molecule has 0 aliphatic rings. The molecule has 1 heterocycles. The minimum absolute atomic E-state index is 0.0385. The van der Waals surface area contributed by atoms with Crippen molar-refractivity contribution in [1.29, 1.82) is 0 Å². The van der Waals surface area contributed by atoms with Crippen LogP contribution in [0.4, 0.5) is 29.7 Å². The van der Waals surface area contributed by atoms with Crippen LogP contribution < -0.4 is 19.7 Å². The highest BCUT2D eigenvalue weighted by molar-refractivity contribution is 7.14. The third-order valence-electron chi connectivity index (χ3n) is 4.52. The van der Waals surface area contributed by atoms with Crippen molar-refractivity contribution >= 4 is 45.7 Å². The molecule has 3 aromatic rings. The summed E-state index contributed by atoms with van der Waals surface area (Å²) in [5.74, 6) is 0.0132. The molecule has 0 saturated heterocycles. The zero-order valence-electron chi connectivity index (χ0n) is 18.3. The summed E-state index contributed by atoms with van der Waals surface area (Å²) in [7, 11) is 2.97. The standard InChI is InChI=1S/C23H20F3N3O4S/c1-14(30)29(17-6-4-5-15(11-17)23(24,25)26)22-27-16(13-34-22)7-10-21(31)28-19-9-8-18(32-2)12-20(19)33-3/h4-13H,1-3H3,(H,28,31)/b10-7+. The van der Waals surface area contributed by atoms with Crippen LogP contribution in [0.25, 0.3) is 6.08 Å². The Morgan fingerprint density at radius 2 is 1.88 bits per heavy atom. The molecular weight excluding hydrogens is 471 g/mol. The van der Waals surface area contributed by atoms with Crippen molar-refractivity contribution in [1.82, 2.24) is 4.98 Å². The van der Waals surface area contributed by atoms with Crippen LogP contribution in [0.5, 0.6) is 11.5 Å². The molecule has 7 nitrogen and oxygen atoms in total. The maximum absolute atomic E-state index is 13.1. The molecule has 0 unspecified atom stereocenters. The van der Waals surface area contributed by atoms with Crippen LogP contribution in [0.1, 0.15) is 18.2 Å². The van der Waals surface area contributed by atoms with Crippen LogP contribution >= 0.6 is 11.3 Å². The van der Waals surface area contributed by atoms with E-state index in [0.717, 1.165) is 28.4 Å². The number of hydrogen-bond donors (Lipinski definition) is 1. The maximum Gasteiger partial charge on any atom is 0.416 e. The monoisotopic (exact) mass is 491 g/mol. The van der Waals surface area contributed by atoms with E-state index in [4.69, 9.17) is 9.47 Å². The summed E-state index contributed by atoms with van der Waals surface area (Å²) >= 11 is 1.06. The van der Waals surface area contributed by atoms with Crippen LogP contribution in [-0.2, 0) is 15.8 Å². The van der Waals surface area contributed by atoms with Gasteiger partial charge in [0.05, 0.1) is 36.9 Å². The molecule has 0 aliphatic heterocycles. The smallest absolute Gasteiger partial charge is 0.416 e. The number of aromatic nitrogens is 1. The van der Waals surface area contributed by atoms with Gasteiger partial charge in [0.25, 0.3) is 0 Å². The van der Waals surface area contributed by atoms with Crippen molar-refractivity contribution in [3.8, 4) is 11.5 Å². The summed E-state index contributed by atoms with van der Waals surface area (Å²) in [6.07, 6.45) is -1.88. The summed E-state index contributed by atoms with van der Waals surface area (Å²) in [6, 6.07) is 9.34. The summed E-state index contributed by atoms with van der Waals surface area (Å²) in [5, 5.41) is 4.43. The largest absolute Gasteiger partial charge is 0.497 e. The van der Waals surface area contributed by atoms with E-state index in [1.165, 1.54) is 45.4 Å². The molecule has 178 valence electrons. The molecule has 34 heavy (non-hydrogen) atoms. The lowest BCUT2D eigenvalue weighted by atomic mass is 10.2. The summed E-state index contributed by atoms with van der Waals surface area (Å²) in [6.45, 7) is 1.23. The Morgan fingerprint density at radius 3 is 2.53 bits per heavy atom. The molecule has 0 fully saturated rings. The van der Waals surface area contributed by atoms with Gasteiger partial charge < -0.3 is 14.8 Å². The SMILES string of the molecule is COc1ccc(NC(=O)/C=C/c2csc(N(C(C)=O)c3cccc(C(F)(F)F)c3)n2)c(OC)c1. The molecule has 2 aromatic carbocycles. The highest BCUT2D eigenvalue weighted by Crippen LogP contribution is 2.35. The maximum atomic E-state index is 13.1. The van der Waals surface area contributed by atoms with Gasteiger partial charge in [-0.15, -0.1) is 11.3 Å². The van der Waals surface area contributed by atoms with Crippen LogP contribution in [-0.4, -0.2) is 31.0 Å². The molecule has 11 heteroatoms. The molecule has 1 N–H and O–H groups in total. The number of carbonyl (C=O) groups is 2. The number of rotatable bonds is 7. The van der Waals surface area contributed by atoms with Crippen molar-refractivity contribution in [2.24, 2.45) is 0 Å². The highest BCUT2D eigenvalue weighted by atomic mass is 32.1.